The SMILES string of the molecule is Nc1ncnc2c1ccn2[C@@H]1O[C@H](CN2CCCC3(CNC3)C2)[C@@H](O)[C@H]1O. The lowest BCUT2D eigenvalue weighted by atomic mass is 9.75. The average Bonchev–Trinajstić information content (AvgIpc) is 3.18. The van der Waals surface area contributed by atoms with Crippen LogP contribution in [0.3, 0.4) is 0 Å². The molecule has 27 heavy (non-hydrogen) atoms. The average molecular weight is 374 g/mol. The van der Waals surface area contributed by atoms with Gasteiger partial charge in [-0.25, -0.2) is 9.97 Å². The Morgan fingerprint density at radius 1 is 1.30 bits per heavy atom. The van der Waals surface area contributed by atoms with Crippen LogP contribution in [-0.4, -0.2) is 80.7 Å². The zero-order valence-electron chi connectivity index (χ0n) is 15.2. The zero-order chi connectivity index (χ0) is 18.6. The van der Waals surface area contributed by atoms with Crippen LogP contribution in [0.2, 0.25) is 0 Å². The van der Waals surface area contributed by atoms with E-state index >= 15 is 0 Å². The topological polar surface area (TPSA) is 122 Å². The minimum atomic E-state index is -1.02. The van der Waals surface area contributed by atoms with Crippen molar-refractivity contribution in [2.45, 2.75) is 37.4 Å². The molecule has 1 spiro atoms. The molecule has 146 valence electrons. The van der Waals surface area contributed by atoms with Gasteiger partial charge in [0.05, 0.1) is 5.39 Å². The number of nitrogen functional groups attached to an aromatic ring is 1. The molecule has 3 fully saturated rings. The molecule has 0 bridgehead atoms. The fourth-order valence-corrected chi connectivity index (χ4v) is 4.79. The number of likely N-dealkylation sites (tertiary alicyclic amines) is 1. The van der Waals surface area contributed by atoms with E-state index in [-0.39, 0.29) is 0 Å². The number of ether oxygens (including phenoxy) is 1. The Labute approximate surface area is 157 Å². The summed E-state index contributed by atoms with van der Waals surface area (Å²) in [6.45, 7) is 4.78. The van der Waals surface area contributed by atoms with E-state index in [1.807, 2.05) is 0 Å². The lowest BCUT2D eigenvalue weighted by molar-refractivity contribution is -0.0556. The predicted octanol–water partition coefficient (Wildman–Crippen LogP) is -0.682. The first kappa shape index (κ1) is 17.3. The summed E-state index contributed by atoms with van der Waals surface area (Å²) < 4.78 is 7.84. The number of aliphatic hydroxyl groups excluding tert-OH is 2. The highest BCUT2D eigenvalue weighted by Gasteiger charge is 2.46. The van der Waals surface area contributed by atoms with Crippen molar-refractivity contribution in [3.05, 3.63) is 18.6 Å². The molecule has 0 saturated carbocycles. The molecule has 3 aliphatic rings. The van der Waals surface area contributed by atoms with E-state index in [1.165, 1.54) is 12.7 Å². The van der Waals surface area contributed by atoms with Crippen LogP contribution in [0.25, 0.3) is 11.0 Å². The van der Waals surface area contributed by atoms with Gasteiger partial charge in [0.1, 0.15) is 36.1 Å². The van der Waals surface area contributed by atoms with E-state index < -0.39 is 24.5 Å². The molecule has 5 heterocycles. The summed E-state index contributed by atoms with van der Waals surface area (Å²) >= 11 is 0. The van der Waals surface area contributed by atoms with Gasteiger partial charge in [-0.3, -0.25) is 0 Å². The van der Waals surface area contributed by atoms with Crippen LogP contribution >= 0.6 is 0 Å². The molecule has 4 atom stereocenters. The normalized spacial score (nSPS) is 33.6. The molecule has 0 aliphatic carbocycles. The summed E-state index contributed by atoms with van der Waals surface area (Å²) in [5.41, 5.74) is 6.87. The number of aromatic nitrogens is 3. The second-order valence-corrected chi connectivity index (χ2v) is 8.21. The van der Waals surface area contributed by atoms with Crippen molar-refractivity contribution < 1.29 is 14.9 Å². The third-order valence-electron chi connectivity index (χ3n) is 6.33. The molecule has 2 aromatic rings. The maximum absolute atomic E-state index is 10.6. The molecule has 0 unspecified atom stereocenters. The van der Waals surface area contributed by atoms with Crippen LogP contribution in [-0.2, 0) is 4.74 Å². The van der Waals surface area contributed by atoms with E-state index in [0.29, 0.717) is 28.8 Å². The highest BCUT2D eigenvalue weighted by atomic mass is 16.6. The van der Waals surface area contributed by atoms with E-state index in [4.69, 9.17) is 10.5 Å². The van der Waals surface area contributed by atoms with Crippen molar-refractivity contribution in [3.8, 4) is 0 Å². The van der Waals surface area contributed by atoms with Gasteiger partial charge < -0.3 is 35.5 Å². The maximum Gasteiger partial charge on any atom is 0.164 e. The Morgan fingerprint density at radius 3 is 2.93 bits per heavy atom. The number of hydrogen-bond acceptors (Lipinski definition) is 8. The van der Waals surface area contributed by atoms with E-state index in [0.717, 1.165) is 32.6 Å². The number of rotatable bonds is 3. The fourth-order valence-electron chi connectivity index (χ4n) is 4.79. The van der Waals surface area contributed by atoms with Crippen molar-refractivity contribution in [1.82, 2.24) is 24.8 Å². The third-order valence-corrected chi connectivity index (χ3v) is 6.33. The number of aliphatic hydroxyl groups is 2. The van der Waals surface area contributed by atoms with Crippen LogP contribution in [0.15, 0.2) is 18.6 Å². The van der Waals surface area contributed by atoms with Crippen molar-refractivity contribution in [3.63, 3.8) is 0 Å². The summed E-state index contributed by atoms with van der Waals surface area (Å²) in [6.07, 6.45) is 2.49. The van der Waals surface area contributed by atoms with Gasteiger partial charge in [0, 0.05) is 37.8 Å². The summed E-state index contributed by atoms with van der Waals surface area (Å²) in [5, 5.41) is 25.3. The van der Waals surface area contributed by atoms with Gasteiger partial charge in [0.15, 0.2) is 6.23 Å². The zero-order valence-corrected chi connectivity index (χ0v) is 15.2. The van der Waals surface area contributed by atoms with E-state index in [9.17, 15) is 10.2 Å². The number of hydrogen-bond donors (Lipinski definition) is 4. The molecule has 0 amide bonds. The Bertz CT molecular complexity index is 838. The summed E-state index contributed by atoms with van der Waals surface area (Å²) in [4.78, 5) is 10.6. The van der Waals surface area contributed by atoms with Crippen molar-refractivity contribution in [2.24, 2.45) is 5.41 Å². The quantitative estimate of drug-likeness (QED) is 0.557. The molecule has 3 saturated heterocycles. The van der Waals surface area contributed by atoms with E-state index in [2.05, 4.69) is 20.2 Å². The Kier molecular flexibility index (Phi) is 4.10. The highest BCUT2D eigenvalue weighted by molar-refractivity contribution is 5.86. The summed E-state index contributed by atoms with van der Waals surface area (Å²) in [6, 6.07) is 1.80. The molecule has 0 radical (unpaired) electrons. The molecule has 9 nitrogen and oxygen atoms in total. The number of nitrogens with two attached hydrogens (primary N) is 1. The second-order valence-electron chi connectivity index (χ2n) is 8.21. The lowest BCUT2D eigenvalue weighted by Crippen LogP contribution is -2.61. The predicted molar refractivity (Wildman–Crippen MR) is 98.8 cm³/mol. The molecule has 0 aromatic carbocycles. The van der Waals surface area contributed by atoms with Crippen molar-refractivity contribution in [2.75, 3.05) is 38.5 Å². The van der Waals surface area contributed by atoms with Gasteiger partial charge in [-0.05, 0) is 25.5 Å². The smallest absolute Gasteiger partial charge is 0.164 e. The molecule has 9 heteroatoms. The molecule has 5 N–H and O–H groups in total. The number of anilines is 1. The Morgan fingerprint density at radius 2 is 2.15 bits per heavy atom. The first-order chi connectivity index (χ1) is 13.1. The summed E-state index contributed by atoms with van der Waals surface area (Å²) in [5.74, 6) is 0.385. The first-order valence-electron chi connectivity index (χ1n) is 9.58. The first-order valence-corrected chi connectivity index (χ1v) is 9.58. The van der Waals surface area contributed by atoms with Crippen LogP contribution in [0.1, 0.15) is 19.1 Å². The van der Waals surface area contributed by atoms with Gasteiger partial charge in [-0.15, -0.1) is 0 Å². The lowest BCUT2D eigenvalue weighted by Gasteiger charge is -2.49. The Balaban J connectivity index is 1.34. The second kappa shape index (κ2) is 6.39. The van der Waals surface area contributed by atoms with Crippen LogP contribution in [0.4, 0.5) is 5.82 Å². The van der Waals surface area contributed by atoms with Gasteiger partial charge in [-0.2, -0.15) is 0 Å². The molecule has 5 rings (SSSR count). The molecule has 2 aromatic heterocycles. The standard InChI is InChI=1S/C18H26N6O3/c19-15-11-2-5-24(16(11)22-10-21-15)17-14(26)13(25)12(27-17)6-23-4-1-3-18(9-23)7-20-8-18/h2,5,10,12-14,17,20,25-26H,1,3-4,6-9H2,(H2,19,21,22)/t12-,13-,14-,17-/m1/s1. The number of nitrogens with zero attached hydrogens (tertiary/aromatic N) is 4. The third kappa shape index (κ3) is 2.81. The van der Waals surface area contributed by atoms with Gasteiger partial charge in [-0.1, -0.05) is 0 Å². The number of fused-ring (bicyclic) bond motifs is 1. The minimum absolute atomic E-state index is 0.380. The van der Waals surface area contributed by atoms with Crippen LogP contribution < -0.4 is 11.1 Å². The van der Waals surface area contributed by atoms with Gasteiger partial charge in [0.2, 0.25) is 0 Å². The van der Waals surface area contributed by atoms with E-state index in [1.54, 1.807) is 16.8 Å². The highest BCUT2D eigenvalue weighted by Crippen LogP contribution is 2.36. The molecule has 3 aliphatic heterocycles. The summed E-state index contributed by atoms with van der Waals surface area (Å²) in [7, 11) is 0. The van der Waals surface area contributed by atoms with Crippen LogP contribution in [0.5, 0.6) is 0 Å². The van der Waals surface area contributed by atoms with Gasteiger partial charge in [0.25, 0.3) is 0 Å². The number of piperidine rings is 1. The van der Waals surface area contributed by atoms with Gasteiger partial charge >= 0.3 is 0 Å². The van der Waals surface area contributed by atoms with Crippen molar-refractivity contribution >= 4 is 16.9 Å². The fraction of sp³-hybridized carbons (Fsp3) is 0.667. The Hall–Kier alpha value is -1.78. The van der Waals surface area contributed by atoms with Crippen molar-refractivity contribution in [1.29, 1.82) is 0 Å². The molecular formula is C18H26N6O3. The minimum Gasteiger partial charge on any atom is -0.387 e. The largest absolute Gasteiger partial charge is 0.387 e. The molecular weight excluding hydrogens is 348 g/mol. The monoisotopic (exact) mass is 374 g/mol. The maximum atomic E-state index is 10.6. The van der Waals surface area contributed by atoms with Crippen LogP contribution in [0, 0.1) is 5.41 Å². The number of nitrogens with one attached hydrogen (secondary N) is 1.